The summed E-state index contributed by atoms with van der Waals surface area (Å²) in [5, 5.41) is 10.7. The van der Waals surface area contributed by atoms with E-state index in [1.165, 1.54) is 0 Å². The van der Waals surface area contributed by atoms with Gasteiger partial charge < -0.3 is 16.2 Å². The van der Waals surface area contributed by atoms with Crippen LogP contribution in [-0.2, 0) is 22.6 Å². The number of carbonyl (C=O) groups excluding carboxylic acids is 1. The van der Waals surface area contributed by atoms with Crippen LogP contribution in [-0.4, -0.2) is 23.5 Å². The number of amides is 1. The molecule has 0 unspecified atom stereocenters. The Balaban J connectivity index is 2.58. The van der Waals surface area contributed by atoms with Crippen LogP contribution in [0.2, 0.25) is 0 Å². The van der Waals surface area contributed by atoms with Crippen LogP contribution >= 0.6 is 0 Å². The lowest BCUT2D eigenvalue weighted by Crippen LogP contribution is -2.30. The Bertz CT molecular complexity index is 391. The lowest BCUT2D eigenvalue weighted by molar-refractivity contribution is -0.137. The quantitative estimate of drug-likeness (QED) is 0.648. The first-order chi connectivity index (χ1) is 7.63. The molecule has 0 aliphatic rings. The standard InChI is InChI=1S/C11H14N2O3/c12-6-9-4-2-1-3-8(9)5-10(14)13-7-11(15)16/h1-4H,5-7,12H2,(H,13,14)(H,15,16). The van der Waals surface area contributed by atoms with Gasteiger partial charge in [0.15, 0.2) is 0 Å². The van der Waals surface area contributed by atoms with Crippen LogP contribution < -0.4 is 11.1 Å². The van der Waals surface area contributed by atoms with Gasteiger partial charge in [-0.3, -0.25) is 9.59 Å². The van der Waals surface area contributed by atoms with Gasteiger partial charge in [0.1, 0.15) is 6.54 Å². The minimum absolute atomic E-state index is 0.153. The number of carboxylic acid groups (broad SMARTS) is 1. The molecule has 0 aliphatic carbocycles. The molecular weight excluding hydrogens is 208 g/mol. The third-order valence-electron chi connectivity index (χ3n) is 2.13. The molecule has 4 N–H and O–H groups in total. The molecule has 0 atom stereocenters. The number of hydrogen-bond donors (Lipinski definition) is 3. The lowest BCUT2D eigenvalue weighted by Gasteiger charge is -2.07. The van der Waals surface area contributed by atoms with Gasteiger partial charge in [0, 0.05) is 6.54 Å². The Labute approximate surface area is 93.3 Å². The Morgan fingerprint density at radius 1 is 1.25 bits per heavy atom. The average Bonchev–Trinajstić information content (AvgIpc) is 2.27. The molecule has 0 aromatic heterocycles. The molecule has 5 heteroatoms. The van der Waals surface area contributed by atoms with Crippen molar-refractivity contribution in [3.05, 3.63) is 35.4 Å². The number of aliphatic carboxylic acids is 1. The molecule has 0 heterocycles. The number of carboxylic acids is 1. The predicted octanol–water partition coefficient (Wildman–Crippen LogP) is -0.111. The number of nitrogens with two attached hydrogens (primary N) is 1. The number of hydrogen-bond acceptors (Lipinski definition) is 3. The van der Waals surface area contributed by atoms with Crippen molar-refractivity contribution in [2.75, 3.05) is 6.54 Å². The molecule has 0 fully saturated rings. The van der Waals surface area contributed by atoms with Gasteiger partial charge in [-0.2, -0.15) is 0 Å². The smallest absolute Gasteiger partial charge is 0.322 e. The summed E-state index contributed by atoms with van der Waals surface area (Å²) in [6, 6.07) is 7.32. The Morgan fingerprint density at radius 2 is 1.88 bits per heavy atom. The van der Waals surface area contributed by atoms with Gasteiger partial charge >= 0.3 is 5.97 Å². The van der Waals surface area contributed by atoms with Crippen molar-refractivity contribution >= 4 is 11.9 Å². The van der Waals surface area contributed by atoms with Crippen molar-refractivity contribution < 1.29 is 14.7 Å². The van der Waals surface area contributed by atoms with Crippen LogP contribution in [0.1, 0.15) is 11.1 Å². The summed E-state index contributed by atoms with van der Waals surface area (Å²) >= 11 is 0. The Kier molecular flexibility index (Phi) is 4.47. The molecule has 1 aromatic rings. The normalized spacial score (nSPS) is 9.81. The average molecular weight is 222 g/mol. The van der Waals surface area contributed by atoms with Gasteiger partial charge in [-0.1, -0.05) is 24.3 Å². The van der Waals surface area contributed by atoms with Crippen LogP contribution in [0.15, 0.2) is 24.3 Å². The molecule has 0 radical (unpaired) electrons. The van der Waals surface area contributed by atoms with E-state index >= 15 is 0 Å². The minimum atomic E-state index is -1.06. The van der Waals surface area contributed by atoms with E-state index in [-0.39, 0.29) is 18.9 Å². The molecule has 1 rings (SSSR count). The maximum Gasteiger partial charge on any atom is 0.322 e. The van der Waals surface area contributed by atoms with E-state index in [2.05, 4.69) is 5.32 Å². The topological polar surface area (TPSA) is 92.4 Å². The fourth-order valence-electron chi connectivity index (χ4n) is 1.34. The number of carbonyl (C=O) groups is 2. The van der Waals surface area contributed by atoms with Crippen LogP contribution in [0.5, 0.6) is 0 Å². The molecule has 5 nitrogen and oxygen atoms in total. The van der Waals surface area contributed by atoms with Gasteiger partial charge in [0.05, 0.1) is 6.42 Å². The first-order valence-electron chi connectivity index (χ1n) is 4.89. The monoisotopic (exact) mass is 222 g/mol. The largest absolute Gasteiger partial charge is 0.480 e. The second kappa shape index (κ2) is 5.87. The van der Waals surface area contributed by atoms with Crippen LogP contribution in [0.3, 0.4) is 0 Å². The number of rotatable bonds is 5. The van der Waals surface area contributed by atoms with E-state index in [1.807, 2.05) is 24.3 Å². The highest BCUT2D eigenvalue weighted by Gasteiger charge is 2.07. The summed E-state index contributed by atoms with van der Waals surface area (Å²) in [5.41, 5.74) is 7.25. The van der Waals surface area contributed by atoms with Gasteiger partial charge in [0.25, 0.3) is 0 Å². The zero-order valence-corrected chi connectivity index (χ0v) is 8.77. The summed E-state index contributed by atoms with van der Waals surface area (Å²) < 4.78 is 0. The molecule has 16 heavy (non-hydrogen) atoms. The van der Waals surface area contributed by atoms with Crippen LogP contribution in [0.4, 0.5) is 0 Å². The van der Waals surface area contributed by atoms with Crippen molar-refractivity contribution in [1.82, 2.24) is 5.32 Å². The summed E-state index contributed by atoms with van der Waals surface area (Å²) in [5.74, 6) is -1.37. The number of benzene rings is 1. The lowest BCUT2D eigenvalue weighted by atomic mass is 10.0. The third kappa shape index (κ3) is 3.70. The molecule has 0 saturated carbocycles. The molecule has 0 spiro atoms. The molecule has 0 bridgehead atoms. The summed E-state index contributed by atoms with van der Waals surface area (Å²) in [6.45, 7) is 0.00596. The van der Waals surface area contributed by atoms with Crippen molar-refractivity contribution in [2.24, 2.45) is 5.73 Å². The molecule has 1 aromatic carbocycles. The van der Waals surface area contributed by atoms with Gasteiger partial charge in [-0.05, 0) is 11.1 Å². The van der Waals surface area contributed by atoms with E-state index in [1.54, 1.807) is 0 Å². The van der Waals surface area contributed by atoms with Crippen LogP contribution in [0.25, 0.3) is 0 Å². The van der Waals surface area contributed by atoms with Crippen molar-refractivity contribution in [2.45, 2.75) is 13.0 Å². The Hall–Kier alpha value is -1.88. The third-order valence-corrected chi connectivity index (χ3v) is 2.13. The van der Waals surface area contributed by atoms with Crippen LogP contribution in [0, 0.1) is 0 Å². The SMILES string of the molecule is NCc1ccccc1CC(=O)NCC(=O)O. The fraction of sp³-hybridized carbons (Fsp3) is 0.273. The van der Waals surface area contributed by atoms with E-state index < -0.39 is 5.97 Å². The molecular formula is C11H14N2O3. The van der Waals surface area contributed by atoms with Crippen molar-refractivity contribution in [1.29, 1.82) is 0 Å². The van der Waals surface area contributed by atoms with Crippen molar-refractivity contribution in [3.8, 4) is 0 Å². The zero-order chi connectivity index (χ0) is 12.0. The zero-order valence-electron chi connectivity index (χ0n) is 8.77. The second-order valence-electron chi connectivity index (χ2n) is 3.32. The summed E-state index contributed by atoms with van der Waals surface area (Å²) in [6.07, 6.45) is 0.153. The maximum atomic E-state index is 11.4. The fourth-order valence-corrected chi connectivity index (χ4v) is 1.34. The molecule has 0 aliphatic heterocycles. The number of nitrogens with one attached hydrogen (secondary N) is 1. The first kappa shape index (κ1) is 12.2. The highest BCUT2D eigenvalue weighted by molar-refractivity contribution is 5.82. The predicted molar refractivity (Wildman–Crippen MR) is 58.7 cm³/mol. The Morgan fingerprint density at radius 3 is 2.44 bits per heavy atom. The summed E-state index contributed by atoms with van der Waals surface area (Å²) in [7, 11) is 0. The van der Waals surface area contributed by atoms with E-state index in [9.17, 15) is 9.59 Å². The minimum Gasteiger partial charge on any atom is -0.480 e. The highest BCUT2D eigenvalue weighted by Crippen LogP contribution is 2.08. The second-order valence-corrected chi connectivity index (χ2v) is 3.32. The van der Waals surface area contributed by atoms with Gasteiger partial charge in [-0.15, -0.1) is 0 Å². The summed E-state index contributed by atoms with van der Waals surface area (Å²) in [4.78, 5) is 21.6. The molecule has 1 amide bonds. The molecule has 86 valence electrons. The first-order valence-corrected chi connectivity index (χ1v) is 4.89. The van der Waals surface area contributed by atoms with Crippen molar-refractivity contribution in [3.63, 3.8) is 0 Å². The van der Waals surface area contributed by atoms with E-state index in [0.29, 0.717) is 6.54 Å². The van der Waals surface area contributed by atoms with E-state index in [4.69, 9.17) is 10.8 Å². The van der Waals surface area contributed by atoms with Gasteiger partial charge in [-0.25, -0.2) is 0 Å². The molecule has 0 saturated heterocycles. The maximum absolute atomic E-state index is 11.4. The van der Waals surface area contributed by atoms with E-state index in [0.717, 1.165) is 11.1 Å². The van der Waals surface area contributed by atoms with Gasteiger partial charge in [0.2, 0.25) is 5.91 Å². The highest BCUT2D eigenvalue weighted by atomic mass is 16.4.